The Morgan fingerprint density at radius 3 is 2.39 bits per heavy atom. The Labute approximate surface area is 203 Å². The van der Waals surface area contributed by atoms with Gasteiger partial charge in [0.2, 0.25) is 10.0 Å². The maximum atomic E-state index is 13.1. The molecule has 2 aliphatic carbocycles. The molecule has 0 aromatic carbocycles. The van der Waals surface area contributed by atoms with Crippen molar-refractivity contribution in [2.24, 2.45) is 29.6 Å². The van der Waals surface area contributed by atoms with Gasteiger partial charge in [-0.1, -0.05) is 13.8 Å². The van der Waals surface area contributed by atoms with Crippen LogP contribution in [-0.2, 0) is 14.8 Å². The monoisotopic (exact) mass is 483 g/mol. The first kappa shape index (κ1) is 25.9. The molecule has 0 aromatic rings. The molecule has 2 heterocycles. The average molecular weight is 484 g/mol. The highest BCUT2D eigenvalue weighted by Crippen LogP contribution is 2.36. The molecule has 33 heavy (non-hydrogen) atoms. The van der Waals surface area contributed by atoms with E-state index in [0.29, 0.717) is 31.9 Å². The summed E-state index contributed by atoms with van der Waals surface area (Å²) in [6.07, 6.45) is 10.7. The van der Waals surface area contributed by atoms with Crippen LogP contribution in [-0.4, -0.2) is 70.0 Å². The van der Waals surface area contributed by atoms with Crippen LogP contribution in [0.2, 0.25) is 0 Å². The van der Waals surface area contributed by atoms with E-state index in [1.807, 2.05) is 6.92 Å². The molecule has 2 N–H and O–H groups in total. The minimum atomic E-state index is -3.26. The van der Waals surface area contributed by atoms with Crippen molar-refractivity contribution >= 4 is 10.0 Å². The summed E-state index contributed by atoms with van der Waals surface area (Å²) in [7, 11) is -3.26. The molecule has 6 nitrogen and oxygen atoms in total. The van der Waals surface area contributed by atoms with Gasteiger partial charge in [-0.25, -0.2) is 13.1 Å². The highest BCUT2D eigenvalue weighted by Gasteiger charge is 2.40. The molecule has 2 aliphatic heterocycles. The second-order valence-corrected chi connectivity index (χ2v) is 13.8. The predicted octanol–water partition coefficient (Wildman–Crippen LogP) is 3.63. The van der Waals surface area contributed by atoms with Gasteiger partial charge in [0.1, 0.15) is 0 Å². The molecule has 4 aliphatic rings. The predicted molar refractivity (Wildman–Crippen MR) is 135 cm³/mol. The topological polar surface area (TPSA) is 70.7 Å². The second kappa shape index (κ2) is 11.7. The van der Waals surface area contributed by atoms with Gasteiger partial charge in [-0.05, 0) is 114 Å². The smallest absolute Gasteiger partial charge is 0.214 e. The normalized spacial score (nSPS) is 39.3. The summed E-state index contributed by atoms with van der Waals surface area (Å²) in [5, 5.41) is 3.46. The van der Waals surface area contributed by atoms with Crippen molar-refractivity contribution in [1.29, 1.82) is 0 Å². The van der Waals surface area contributed by atoms with Crippen molar-refractivity contribution in [2.75, 3.05) is 39.3 Å². The molecule has 7 heteroatoms. The molecule has 4 rings (SSSR count). The number of hydrogen-bond donors (Lipinski definition) is 2. The molecule has 2 saturated carbocycles. The van der Waals surface area contributed by atoms with Gasteiger partial charge in [0, 0.05) is 25.7 Å². The number of ether oxygens (including phenoxy) is 1. The van der Waals surface area contributed by atoms with Gasteiger partial charge in [0.05, 0.1) is 11.4 Å². The van der Waals surface area contributed by atoms with E-state index < -0.39 is 10.0 Å². The van der Waals surface area contributed by atoms with Crippen molar-refractivity contribution in [3.63, 3.8) is 0 Å². The number of likely N-dealkylation sites (tertiary alicyclic amines) is 1. The van der Waals surface area contributed by atoms with Crippen molar-refractivity contribution < 1.29 is 13.2 Å². The quantitative estimate of drug-likeness (QED) is 0.552. The average Bonchev–Trinajstić information content (AvgIpc) is 2.81. The van der Waals surface area contributed by atoms with E-state index >= 15 is 0 Å². The number of nitrogens with one attached hydrogen (secondary N) is 2. The van der Waals surface area contributed by atoms with Crippen molar-refractivity contribution in [2.45, 2.75) is 96.0 Å². The molecule has 4 fully saturated rings. The molecular weight excluding hydrogens is 434 g/mol. The van der Waals surface area contributed by atoms with Crippen LogP contribution in [0, 0.1) is 29.6 Å². The Hall–Kier alpha value is -0.210. The van der Waals surface area contributed by atoms with Gasteiger partial charge in [-0.2, -0.15) is 0 Å². The summed E-state index contributed by atoms with van der Waals surface area (Å²) < 4.78 is 35.0. The van der Waals surface area contributed by atoms with E-state index in [9.17, 15) is 8.42 Å². The lowest BCUT2D eigenvalue weighted by atomic mass is 9.74. The van der Waals surface area contributed by atoms with Gasteiger partial charge < -0.3 is 15.0 Å². The lowest BCUT2D eigenvalue weighted by molar-refractivity contribution is -0.0308. The van der Waals surface area contributed by atoms with E-state index in [2.05, 4.69) is 28.8 Å². The summed E-state index contributed by atoms with van der Waals surface area (Å²) in [4.78, 5) is 2.66. The Balaban J connectivity index is 1.17. The van der Waals surface area contributed by atoms with Gasteiger partial charge >= 0.3 is 0 Å². The van der Waals surface area contributed by atoms with Gasteiger partial charge in [0.25, 0.3) is 0 Å². The molecular formula is C26H49N3O3S. The van der Waals surface area contributed by atoms with E-state index in [1.165, 1.54) is 45.2 Å². The van der Waals surface area contributed by atoms with Crippen LogP contribution in [0.3, 0.4) is 0 Å². The molecule has 0 radical (unpaired) electrons. The second-order valence-electron chi connectivity index (χ2n) is 11.7. The molecule has 5 atom stereocenters. The highest BCUT2D eigenvalue weighted by molar-refractivity contribution is 7.90. The van der Waals surface area contributed by atoms with Crippen LogP contribution in [0.15, 0.2) is 0 Å². The zero-order valence-corrected chi connectivity index (χ0v) is 22.1. The Kier molecular flexibility index (Phi) is 9.16. The number of hydrogen-bond acceptors (Lipinski definition) is 5. The molecule has 192 valence electrons. The first-order chi connectivity index (χ1) is 15.9. The van der Waals surface area contributed by atoms with E-state index in [-0.39, 0.29) is 23.2 Å². The summed E-state index contributed by atoms with van der Waals surface area (Å²) in [5.41, 5.74) is 0. The fraction of sp³-hybridized carbons (Fsp3) is 1.00. The third-order valence-electron chi connectivity index (χ3n) is 9.23. The van der Waals surface area contributed by atoms with Crippen LogP contribution < -0.4 is 10.0 Å². The molecule has 5 unspecified atom stereocenters. The first-order valence-electron chi connectivity index (χ1n) is 13.9. The van der Waals surface area contributed by atoms with Crippen LogP contribution in [0.1, 0.15) is 78.6 Å². The standard InChI is InChI=1S/C26H49N3O3S/c1-4-32-26-19(2)14-24(15-20(26)3)33(30,31)28-17-21-9-12-29(13-10-21)18-22-7-8-25-23(16-22)6-5-11-27-25/h19-28H,4-18H2,1-3H3. The maximum absolute atomic E-state index is 13.1. The lowest BCUT2D eigenvalue weighted by Gasteiger charge is -2.42. The van der Waals surface area contributed by atoms with E-state index in [1.54, 1.807) is 0 Å². The van der Waals surface area contributed by atoms with Crippen LogP contribution in [0.5, 0.6) is 0 Å². The van der Waals surface area contributed by atoms with Crippen molar-refractivity contribution in [1.82, 2.24) is 14.9 Å². The molecule has 0 spiro atoms. The maximum Gasteiger partial charge on any atom is 0.214 e. The highest BCUT2D eigenvalue weighted by atomic mass is 32.2. The Morgan fingerprint density at radius 2 is 1.70 bits per heavy atom. The molecule has 2 saturated heterocycles. The minimum absolute atomic E-state index is 0.190. The zero-order chi connectivity index (χ0) is 23.4. The van der Waals surface area contributed by atoms with E-state index in [4.69, 9.17) is 4.74 Å². The molecule has 0 aromatic heterocycles. The largest absolute Gasteiger partial charge is 0.378 e. The summed E-state index contributed by atoms with van der Waals surface area (Å²) in [6.45, 7) is 12.3. The lowest BCUT2D eigenvalue weighted by Crippen LogP contribution is -2.48. The Morgan fingerprint density at radius 1 is 0.970 bits per heavy atom. The fourth-order valence-corrected chi connectivity index (χ4v) is 9.20. The SMILES string of the molecule is CCOC1C(C)CC(S(=O)(=O)NCC2CCN(CC3CCC4NCCCC4C3)CC2)CC1C. The van der Waals surface area contributed by atoms with Gasteiger partial charge in [-0.15, -0.1) is 0 Å². The van der Waals surface area contributed by atoms with Crippen molar-refractivity contribution in [3.05, 3.63) is 0 Å². The number of fused-ring (bicyclic) bond motifs is 1. The third kappa shape index (κ3) is 6.72. The van der Waals surface area contributed by atoms with Gasteiger partial charge in [0.15, 0.2) is 0 Å². The number of nitrogens with zero attached hydrogens (tertiary/aromatic N) is 1. The summed E-state index contributed by atoms with van der Waals surface area (Å²) >= 11 is 0. The fourth-order valence-electron chi connectivity index (χ4n) is 7.39. The molecule has 0 amide bonds. The number of rotatable bonds is 8. The number of sulfonamides is 1. The zero-order valence-electron chi connectivity index (χ0n) is 21.3. The Bertz CT molecular complexity index is 698. The first-order valence-corrected chi connectivity index (χ1v) is 15.5. The van der Waals surface area contributed by atoms with Crippen LogP contribution in [0.25, 0.3) is 0 Å². The van der Waals surface area contributed by atoms with Crippen LogP contribution in [0.4, 0.5) is 0 Å². The van der Waals surface area contributed by atoms with E-state index in [0.717, 1.165) is 43.8 Å². The third-order valence-corrected chi connectivity index (χ3v) is 11.1. The summed E-state index contributed by atoms with van der Waals surface area (Å²) in [6, 6.07) is 0.786. The molecule has 0 bridgehead atoms. The van der Waals surface area contributed by atoms with Crippen molar-refractivity contribution in [3.8, 4) is 0 Å². The number of piperidine rings is 2. The van der Waals surface area contributed by atoms with Crippen LogP contribution >= 0.6 is 0 Å². The summed E-state index contributed by atoms with van der Waals surface area (Å²) in [5.74, 6) is 2.82. The minimum Gasteiger partial charge on any atom is -0.378 e. The van der Waals surface area contributed by atoms with Gasteiger partial charge in [-0.3, -0.25) is 0 Å².